The van der Waals surface area contributed by atoms with Crippen LogP contribution in [0.4, 0.5) is 18.9 Å². The third-order valence-electron chi connectivity index (χ3n) is 7.00. The molecule has 0 radical (unpaired) electrons. The van der Waals surface area contributed by atoms with Gasteiger partial charge in [0.25, 0.3) is 0 Å². The molecule has 1 aliphatic heterocycles. The Morgan fingerprint density at radius 1 is 1.23 bits per heavy atom. The summed E-state index contributed by atoms with van der Waals surface area (Å²) in [5.41, 5.74) is 1.40. The number of halogens is 3. The van der Waals surface area contributed by atoms with Crippen LogP contribution in [-0.4, -0.2) is 57.9 Å². The lowest BCUT2D eigenvalue weighted by atomic mass is 10.0. The predicted octanol–water partition coefficient (Wildman–Crippen LogP) is 4.64. The molecule has 0 unspecified atom stereocenters. The molecule has 1 aliphatic carbocycles. The van der Waals surface area contributed by atoms with Gasteiger partial charge in [0, 0.05) is 22.5 Å². The zero-order chi connectivity index (χ0) is 24.8. The molecule has 2 aliphatic rings. The largest absolute Gasteiger partial charge is 0.406 e. The van der Waals surface area contributed by atoms with Gasteiger partial charge in [0.2, 0.25) is 5.91 Å². The van der Waals surface area contributed by atoms with Crippen molar-refractivity contribution in [2.75, 3.05) is 25.5 Å². The highest BCUT2D eigenvalue weighted by molar-refractivity contribution is 7.14. The van der Waals surface area contributed by atoms with E-state index < -0.39 is 12.7 Å². The van der Waals surface area contributed by atoms with Gasteiger partial charge >= 0.3 is 6.18 Å². The smallest absolute Gasteiger partial charge is 0.382 e. The summed E-state index contributed by atoms with van der Waals surface area (Å²) < 4.78 is 42.0. The molecule has 11 heteroatoms. The number of aromatic nitrogens is 3. The van der Waals surface area contributed by atoms with Crippen LogP contribution in [0.2, 0.25) is 0 Å². The SMILES string of the molecule is CN1CCC(Nc2cccc3c2cc(-c2nnc(CNC(=O)C4(C)CC4)s2)n3CC(F)(F)F)CC1. The van der Waals surface area contributed by atoms with Crippen LogP contribution in [0, 0.1) is 5.41 Å². The van der Waals surface area contributed by atoms with Gasteiger partial charge in [0.05, 0.1) is 17.8 Å². The first kappa shape index (κ1) is 24.1. The first-order valence-electron chi connectivity index (χ1n) is 11.9. The number of nitrogens with one attached hydrogen (secondary N) is 2. The van der Waals surface area contributed by atoms with Crippen molar-refractivity contribution < 1.29 is 18.0 Å². The Bertz CT molecular complexity index is 1220. The van der Waals surface area contributed by atoms with Gasteiger partial charge in [0.15, 0.2) is 5.01 Å². The maximum absolute atomic E-state index is 13.6. The molecule has 3 aromatic rings. The third kappa shape index (κ3) is 5.30. The van der Waals surface area contributed by atoms with Crippen LogP contribution in [0.25, 0.3) is 21.6 Å². The van der Waals surface area contributed by atoms with E-state index in [1.165, 1.54) is 15.9 Å². The zero-order valence-electron chi connectivity index (χ0n) is 19.8. The number of rotatable bonds is 7. The second kappa shape index (κ2) is 9.09. The second-order valence-electron chi connectivity index (χ2n) is 9.94. The number of benzene rings is 1. The summed E-state index contributed by atoms with van der Waals surface area (Å²) in [5, 5.41) is 16.4. The summed E-state index contributed by atoms with van der Waals surface area (Å²) >= 11 is 1.21. The van der Waals surface area contributed by atoms with E-state index in [0.29, 0.717) is 21.2 Å². The number of likely N-dealkylation sites (tertiary alicyclic amines) is 1. The Hall–Kier alpha value is -2.66. The summed E-state index contributed by atoms with van der Waals surface area (Å²) in [4.78, 5) is 14.5. The summed E-state index contributed by atoms with van der Waals surface area (Å²) in [6.45, 7) is 2.98. The minimum Gasteiger partial charge on any atom is -0.382 e. The number of fused-ring (bicyclic) bond motifs is 1. The number of nitrogens with zero attached hydrogens (tertiary/aromatic N) is 4. The fourth-order valence-electron chi connectivity index (χ4n) is 4.52. The fourth-order valence-corrected chi connectivity index (χ4v) is 5.33. The van der Waals surface area contributed by atoms with Crippen LogP contribution >= 0.6 is 11.3 Å². The molecule has 0 spiro atoms. The Kier molecular flexibility index (Phi) is 6.25. The third-order valence-corrected chi connectivity index (χ3v) is 7.94. The molecular weight excluding hydrogens is 477 g/mol. The van der Waals surface area contributed by atoms with Crippen LogP contribution in [-0.2, 0) is 17.9 Å². The van der Waals surface area contributed by atoms with Gasteiger partial charge < -0.3 is 20.1 Å². The van der Waals surface area contributed by atoms with E-state index in [2.05, 4.69) is 32.8 Å². The minimum atomic E-state index is -4.39. The van der Waals surface area contributed by atoms with Crippen molar-refractivity contribution in [1.82, 2.24) is 25.0 Å². The Labute approximate surface area is 205 Å². The van der Waals surface area contributed by atoms with Crippen LogP contribution in [0.5, 0.6) is 0 Å². The number of amides is 1. The van der Waals surface area contributed by atoms with Gasteiger partial charge in [-0.05, 0) is 64.0 Å². The van der Waals surface area contributed by atoms with Crippen molar-refractivity contribution in [2.24, 2.45) is 5.41 Å². The molecule has 2 aromatic heterocycles. The average Bonchev–Trinajstić information content (AvgIpc) is 3.23. The van der Waals surface area contributed by atoms with E-state index in [-0.39, 0.29) is 23.9 Å². The van der Waals surface area contributed by atoms with E-state index in [4.69, 9.17) is 0 Å². The molecule has 1 saturated carbocycles. The van der Waals surface area contributed by atoms with Crippen molar-refractivity contribution in [3.05, 3.63) is 29.3 Å². The monoisotopic (exact) mass is 506 g/mol. The number of piperidine rings is 1. The Morgan fingerprint density at radius 2 is 1.97 bits per heavy atom. The molecule has 5 rings (SSSR count). The Morgan fingerprint density at radius 3 is 2.66 bits per heavy atom. The lowest BCUT2D eigenvalue weighted by Crippen LogP contribution is -2.36. The first-order valence-corrected chi connectivity index (χ1v) is 12.7. The quantitative estimate of drug-likeness (QED) is 0.488. The van der Waals surface area contributed by atoms with E-state index in [9.17, 15) is 18.0 Å². The highest BCUT2D eigenvalue weighted by Gasteiger charge is 2.44. The maximum atomic E-state index is 13.6. The highest BCUT2D eigenvalue weighted by Crippen LogP contribution is 2.45. The van der Waals surface area contributed by atoms with Gasteiger partial charge in [0.1, 0.15) is 11.6 Å². The van der Waals surface area contributed by atoms with E-state index >= 15 is 0 Å². The molecule has 2 fully saturated rings. The van der Waals surface area contributed by atoms with Gasteiger partial charge in [-0.2, -0.15) is 13.2 Å². The molecule has 0 atom stereocenters. The van der Waals surface area contributed by atoms with Gasteiger partial charge in [-0.15, -0.1) is 10.2 Å². The number of carbonyl (C=O) groups is 1. The number of anilines is 1. The molecule has 3 heterocycles. The van der Waals surface area contributed by atoms with Gasteiger partial charge in [-0.3, -0.25) is 4.79 Å². The second-order valence-corrected chi connectivity index (χ2v) is 11.0. The molecule has 2 N–H and O–H groups in total. The standard InChI is InChI=1S/C24H29F3N6OS/c1-23(8-9-23)22(34)28-13-20-30-31-21(35-20)19-12-16-17(29-15-6-10-32(2)11-7-15)4-3-5-18(16)33(19)14-24(25,26)27/h3-5,12,15,29H,6-11,13-14H2,1-2H3,(H,28,34). The number of alkyl halides is 3. The summed E-state index contributed by atoms with van der Waals surface area (Å²) in [5.74, 6) is -0.0231. The average molecular weight is 507 g/mol. The Balaban J connectivity index is 1.44. The summed E-state index contributed by atoms with van der Waals surface area (Å²) in [6.07, 6.45) is -0.697. The molecule has 0 bridgehead atoms. The van der Waals surface area contributed by atoms with Crippen molar-refractivity contribution >= 4 is 33.8 Å². The number of hydrogen-bond donors (Lipinski definition) is 2. The highest BCUT2D eigenvalue weighted by atomic mass is 32.1. The zero-order valence-corrected chi connectivity index (χ0v) is 20.6. The van der Waals surface area contributed by atoms with Crippen molar-refractivity contribution in [3.8, 4) is 10.7 Å². The van der Waals surface area contributed by atoms with Crippen LogP contribution in [0.3, 0.4) is 0 Å². The lowest BCUT2D eigenvalue weighted by Gasteiger charge is -2.30. The fraction of sp³-hybridized carbons (Fsp3) is 0.542. The first-order chi connectivity index (χ1) is 16.6. The molecule has 188 valence electrons. The van der Waals surface area contributed by atoms with Gasteiger partial charge in [-0.25, -0.2) is 0 Å². The van der Waals surface area contributed by atoms with Crippen LogP contribution in [0.15, 0.2) is 24.3 Å². The molecule has 35 heavy (non-hydrogen) atoms. The molecule has 7 nitrogen and oxygen atoms in total. The van der Waals surface area contributed by atoms with E-state index in [1.54, 1.807) is 18.2 Å². The normalized spacial score (nSPS) is 18.7. The number of hydrogen-bond acceptors (Lipinski definition) is 6. The lowest BCUT2D eigenvalue weighted by molar-refractivity contribution is -0.139. The predicted molar refractivity (Wildman–Crippen MR) is 130 cm³/mol. The van der Waals surface area contributed by atoms with Crippen molar-refractivity contribution in [1.29, 1.82) is 0 Å². The summed E-state index contributed by atoms with van der Waals surface area (Å²) in [7, 11) is 2.09. The van der Waals surface area contributed by atoms with Crippen LogP contribution in [0.1, 0.15) is 37.6 Å². The molecule has 1 aromatic carbocycles. The summed E-state index contributed by atoms with van der Waals surface area (Å²) in [6, 6.07) is 7.46. The van der Waals surface area contributed by atoms with Crippen molar-refractivity contribution in [2.45, 2.75) is 57.9 Å². The van der Waals surface area contributed by atoms with Crippen LogP contribution < -0.4 is 10.6 Å². The molecule has 1 saturated heterocycles. The molecule has 1 amide bonds. The molecular formula is C24H29F3N6OS. The minimum absolute atomic E-state index is 0.0231. The van der Waals surface area contributed by atoms with Crippen molar-refractivity contribution in [3.63, 3.8) is 0 Å². The number of carbonyl (C=O) groups excluding carboxylic acids is 1. The maximum Gasteiger partial charge on any atom is 0.406 e. The van der Waals surface area contributed by atoms with Gasteiger partial charge in [-0.1, -0.05) is 24.3 Å². The van der Waals surface area contributed by atoms with E-state index in [0.717, 1.165) is 49.8 Å². The van der Waals surface area contributed by atoms with E-state index in [1.807, 2.05) is 13.0 Å². The topological polar surface area (TPSA) is 75.1 Å².